The monoisotopic (exact) mass is 299 g/mol. The maximum Gasteiger partial charge on any atom is 0.335 e. The van der Waals surface area contributed by atoms with Crippen LogP contribution < -0.4 is 5.32 Å². The maximum atomic E-state index is 10.1. The number of carbonyl (C=O) groups excluding carboxylic acids is 1. The molecule has 0 radical (unpaired) electrons. The van der Waals surface area contributed by atoms with Gasteiger partial charge in [-0.2, -0.15) is 0 Å². The summed E-state index contributed by atoms with van der Waals surface area (Å²) in [6.07, 6.45) is -8.39. The van der Waals surface area contributed by atoms with Crippen molar-refractivity contribution in [2.75, 3.05) is 26.3 Å². The topological polar surface area (TPSA) is 188 Å². The Morgan fingerprint density at radius 3 is 1.75 bits per heavy atom. The van der Waals surface area contributed by atoms with Gasteiger partial charge in [0, 0.05) is 13.1 Å². The van der Waals surface area contributed by atoms with E-state index < -0.39 is 30.4 Å². The first-order valence-electron chi connectivity index (χ1n) is 5.66. The fraction of sp³-hybridized carbons (Fsp3) is 0.800. The number of carboxylic acid groups (broad SMARTS) is 1. The van der Waals surface area contributed by atoms with Crippen molar-refractivity contribution < 1.29 is 45.3 Å². The Morgan fingerprint density at radius 2 is 1.45 bits per heavy atom. The van der Waals surface area contributed by atoms with E-state index in [1.54, 1.807) is 0 Å². The second kappa shape index (κ2) is 12.9. The van der Waals surface area contributed by atoms with Crippen molar-refractivity contribution in [3.8, 4) is 0 Å². The van der Waals surface area contributed by atoms with E-state index in [9.17, 15) is 9.59 Å². The number of nitrogens with one attached hydrogen (secondary N) is 1. The molecule has 20 heavy (non-hydrogen) atoms. The molecule has 0 spiro atoms. The van der Waals surface area contributed by atoms with Crippen molar-refractivity contribution in [2.24, 2.45) is 0 Å². The summed E-state index contributed by atoms with van der Waals surface area (Å²) in [7, 11) is 0. The van der Waals surface area contributed by atoms with Crippen LogP contribution in [0.2, 0.25) is 0 Å². The minimum atomic E-state index is -2.25. The molecule has 0 aliphatic carbocycles. The predicted molar refractivity (Wildman–Crippen MR) is 64.8 cm³/mol. The predicted octanol–water partition coefficient (Wildman–Crippen LogP) is -4.73. The Balaban J connectivity index is 0. The van der Waals surface area contributed by atoms with Gasteiger partial charge in [-0.15, -0.1) is 0 Å². The summed E-state index contributed by atoms with van der Waals surface area (Å²) in [5.74, 6) is -1.76. The summed E-state index contributed by atoms with van der Waals surface area (Å²) in [4.78, 5) is 20.0. The van der Waals surface area contributed by atoms with Crippen LogP contribution in [0.3, 0.4) is 0 Å². The molecule has 0 fully saturated rings. The fourth-order valence-corrected chi connectivity index (χ4v) is 0.898. The standard InChI is InChI=1S/C6H10O7.C4H11NO2/c7-1-2(8)3(9)4(10)5(11)6(12)13;6-3-1-5-2-4-7/h1-5,8-11H,(H,12,13);5-7H,1-4H2/t2-,3+,4-,5-;/m0./s1. The highest BCUT2D eigenvalue weighted by Crippen LogP contribution is 2.03. The number of carboxylic acids is 1. The molecule has 10 heteroatoms. The number of aliphatic hydroxyl groups excluding tert-OH is 6. The van der Waals surface area contributed by atoms with Crippen LogP contribution in [-0.2, 0) is 9.59 Å². The van der Waals surface area contributed by atoms with E-state index in [-0.39, 0.29) is 19.5 Å². The quantitative estimate of drug-likeness (QED) is 0.152. The first kappa shape index (κ1) is 21.2. The van der Waals surface area contributed by atoms with E-state index >= 15 is 0 Å². The van der Waals surface area contributed by atoms with Crippen LogP contribution in [0.1, 0.15) is 0 Å². The number of rotatable bonds is 9. The highest BCUT2D eigenvalue weighted by atomic mass is 16.4. The van der Waals surface area contributed by atoms with E-state index in [0.29, 0.717) is 13.1 Å². The van der Waals surface area contributed by atoms with Gasteiger partial charge in [0.15, 0.2) is 12.4 Å². The summed E-state index contributed by atoms with van der Waals surface area (Å²) >= 11 is 0. The molecule has 0 rings (SSSR count). The van der Waals surface area contributed by atoms with Crippen molar-refractivity contribution in [1.29, 1.82) is 0 Å². The molecule has 0 heterocycles. The molecule has 8 N–H and O–H groups in total. The highest BCUT2D eigenvalue weighted by molar-refractivity contribution is 5.73. The van der Waals surface area contributed by atoms with Crippen LogP contribution in [0.4, 0.5) is 0 Å². The number of hydrogen-bond acceptors (Lipinski definition) is 9. The van der Waals surface area contributed by atoms with Gasteiger partial charge in [0.05, 0.1) is 13.2 Å². The molecule has 0 aromatic carbocycles. The van der Waals surface area contributed by atoms with Gasteiger partial charge in [-0.3, -0.25) is 0 Å². The number of aldehydes is 1. The molecular formula is C10H21NO9. The molecule has 0 aliphatic heterocycles. The van der Waals surface area contributed by atoms with Crippen molar-refractivity contribution >= 4 is 12.3 Å². The van der Waals surface area contributed by atoms with Crippen molar-refractivity contribution in [1.82, 2.24) is 5.32 Å². The SMILES string of the molecule is O=C[C@H](O)[C@@H](O)[C@H](O)[C@H](O)C(=O)O.OCCNCCO. The lowest BCUT2D eigenvalue weighted by molar-refractivity contribution is -0.163. The fourth-order valence-electron chi connectivity index (χ4n) is 0.898. The zero-order chi connectivity index (χ0) is 16.1. The van der Waals surface area contributed by atoms with Crippen molar-refractivity contribution in [3.05, 3.63) is 0 Å². The second-order valence-electron chi connectivity index (χ2n) is 3.59. The van der Waals surface area contributed by atoms with Gasteiger partial charge < -0.3 is 45.9 Å². The molecule has 0 bridgehead atoms. The third-order valence-corrected chi connectivity index (χ3v) is 1.99. The first-order chi connectivity index (χ1) is 9.33. The largest absolute Gasteiger partial charge is 0.479 e. The summed E-state index contributed by atoms with van der Waals surface area (Å²) in [5, 5.41) is 62.3. The Kier molecular flexibility index (Phi) is 13.6. The van der Waals surface area contributed by atoms with Crippen LogP contribution >= 0.6 is 0 Å². The second-order valence-corrected chi connectivity index (χ2v) is 3.59. The highest BCUT2D eigenvalue weighted by Gasteiger charge is 2.33. The molecule has 0 aromatic heterocycles. The Hall–Kier alpha value is -1.14. The van der Waals surface area contributed by atoms with Gasteiger partial charge in [0.2, 0.25) is 0 Å². The van der Waals surface area contributed by atoms with Gasteiger partial charge in [-0.1, -0.05) is 0 Å². The molecule has 0 aromatic rings. The van der Waals surface area contributed by atoms with Crippen LogP contribution in [0.15, 0.2) is 0 Å². The van der Waals surface area contributed by atoms with Gasteiger partial charge in [-0.05, 0) is 0 Å². The molecule has 0 amide bonds. The third-order valence-electron chi connectivity index (χ3n) is 1.99. The Bertz CT molecular complexity index is 259. The molecule has 10 nitrogen and oxygen atoms in total. The van der Waals surface area contributed by atoms with Gasteiger partial charge in [0.25, 0.3) is 0 Å². The molecule has 0 saturated heterocycles. The van der Waals surface area contributed by atoms with Crippen LogP contribution in [-0.4, -0.2) is 98.7 Å². The molecular weight excluding hydrogens is 278 g/mol. The van der Waals surface area contributed by atoms with E-state index in [0.717, 1.165) is 0 Å². The Labute approximate surface area is 114 Å². The lowest BCUT2D eigenvalue weighted by atomic mass is 10.0. The van der Waals surface area contributed by atoms with Crippen LogP contribution in [0, 0.1) is 0 Å². The number of aliphatic hydroxyl groups is 6. The van der Waals surface area contributed by atoms with Crippen molar-refractivity contribution in [3.63, 3.8) is 0 Å². The normalized spacial score (nSPS) is 16.3. The lowest BCUT2D eigenvalue weighted by Gasteiger charge is -2.21. The third kappa shape index (κ3) is 9.75. The van der Waals surface area contributed by atoms with Crippen LogP contribution in [0.5, 0.6) is 0 Å². The summed E-state index contributed by atoms with van der Waals surface area (Å²) in [6, 6.07) is 0. The summed E-state index contributed by atoms with van der Waals surface area (Å²) in [5.41, 5.74) is 0. The smallest absolute Gasteiger partial charge is 0.335 e. The average molecular weight is 299 g/mol. The first-order valence-corrected chi connectivity index (χ1v) is 5.66. The summed E-state index contributed by atoms with van der Waals surface area (Å²) < 4.78 is 0. The molecule has 120 valence electrons. The molecule has 0 aliphatic rings. The van der Waals surface area contributed by atoms with Crippen LogP contribution in [0.25, 0.3) is 0 Å². The zero-order valence-electron chi connectivity index (χ0n) is 10.7. The average Bonchev–Trinajstić information content (AvgIpc) is 2.45. The number of hydrogen-bond donors (Lipinski definition) is 8. The zero-order valence-corrected chi connectivity index (χ0v) is 10.7. The van der Waals surface area contributed by atoms with E-state index in [4.69, 9.17) is 35.7 Å². The Morgan fingerprint density at radius 1 is 1.00 bits per heavy atom. The van der Waals surface area contributed by atoms with Gasteiger partial charge in [-0.25, -0.2) is 4.79 Å². The molecule has 4 atom stereocenters. The van der Waals surface area contributed by atoms with Gasteiger partial charge in [0.1, 0.15) is 18.3 Å². The van der Waals surface area contributed by atoms with E-state index in [1.165, 1.54) is 0 Å². The summed E-state index contributed by atoms with van der Waals surface area (Å²) in [6.45, 7) is 1.42. The minimum absolute atomic E-state index is 0.0809. The minimum Gasteiger partial charge on any atom is -0.479 e. The van der Waals surface area contributed by atoms with Gasteiger partial charge >= 0.3 is 5.97 Å². The molecule has 0 saturated carbocycles. The number of aliphatic carboxylic acids is 1. The van der Waals surface area contributed by atoms with E-state index in [1.807, 2.05) is 0 Å². The van der Waals surface area contributed by atoms with Crippen molar-refractivity contribution in [2.45, 2.75) is 24.4 Å². The lowest BCUT2D eigenvalue weighted by Crippen LogP contribution is -2.48. The van der Waals surface area contributed by atoms with E-state index in [2.05, 4.69) is 5.32 Å². The number of carbonyl (C=O) groups is 2. The molecule has 0 unspecified atom stereocenters. The maximum absolute atomic E-state index is 10.1.